The average molecular weight is 229 g/mol. The molecule has 0 fully saturated rings. The molecular formula is C14H15NO2. The van der Waals surface area contributed by atoms with Crippen LogP contribution in [0.1, 0.15) is 11.1 Å². The molecule has 1 aromatic rings. The monoisotopic (exact) mass is 229 g/mol. The number of hydrogen-bond acceptors (Lipinski definition) is 2. The molecule has 0 unspecified atom stereocenters. The van der Waals surface area contributed by atoms with Crippen molar-refractivity contribution in [2.75, 3.05) is 18.5 Å². The predicted molar refractivity (Wildman–Crippen MR) is 70.0 cm³/mol. The summed E-state index contributed by atoms with van der Waals surface area (Å²) in [6.45, 7) is 2.52. The number of hydrogen-bond donors (Lipinski definition) is 1. The maximum atomic E-state index is 10.4. The number of rotatable bonds is 4. The van der Waals surface area contributed by atoms with Crippen LogP contribution >= 0.6 is 0 Å². The highest BCUT2D eigenvalue weighted by Crippen LogP contribution is 2.20. The minimum Gasteiger partial charge on any atom is -0.478 e. The molecule has 0 atom stereocenters. The van der Waals surface area contributed by atoms with E-state index in [0.29, 0.717) is 6.54 Å². The standard InChI is InChI=1S/C14H15NO2/c1-4-9-15(3)13-7-5-12(10-11(13)2)6-8-14(16)17/h1,5-8,10H,9H2,2-3H3,(H,16,17)/b8-6+. The smallest absolute Gasteiger partial charge is 0.328 e. The van der Waals surface area contributed by atoms with Crippen molar-refractivity contribution in [1.29, 1.82) is 0 Å². The number of aryl methyl sites for hydroxylation is 1. The topological polar surface area (TPSA) is 40.5 Å². The summed E-state index contributed by atoms with van der Waals surface area (Å²) in [5.41, 5.74) is 2.98. The van der Waals surface area contributed by atoms with Crippen molar-refractivity contribution in [3.63, 3.8) is 0 Å². The number of nitrogens with zero attached hydrogens (tertiary/aromatic N) is 1. The summed E-state index contributed by atoms with van der Waals surface area (Å²) in [7, 11) is 1.93. The molecule has 17 heavy (non-hydrogen) atoms. The van der Waals surface area contributed by atoms with Gasteiger partial charge in [0.2, 0.25) is 0 Å². The van der Waals surface area contributed by atoms with E-state index < -0.39 is 5.97 Å². The molecule has 0 amide bonds. The number of carboxylic acids is 1. The zero-order valence-corrected chi connectivity index (χ0v) is 9.97. The number of carboxylic acid groups (broad SMARTS) is 1. The van der Waals surface area contributed by atoms with Gasteiger partial charge in [0, 0.05) is 18.8 Å². The van der Waals surface area contributed by atoms with Gasteiger partial charge in [0.15, 0.2) is 0 Å². The second kappa shape index (κ2) is 5.76. The molecule has 0 spiro atoms. The Bertz CT molecular complexity index is 483. The highest BCUT2D eigenvalue weighted by atomic mass is 16.4. The van der Waals surface area contributed by atoms with Crippen LogP contribution in [0.4, 0.5) is 5.69 Å². The lowest BCUT2D eigenvalue weighted by molar-refractivity contribution is -0.131. The van der Waals surface area contributed by atoms with Crippen molar-refractivity contribution in [1.82, 2.24) is 0 Å². The molecule has 3 heteroatoms. The van der Waals surface area contributed by atoms with Crippen LogP contribution in [0.3, 0.4) is 0 Å². The first kappa shape index (κ1) is 12.9. The molecule has 0 aliphatic rings. The van der Waals surface area contributed by atoms with E-state index in [2.05, 4.69) is 5.92 Å². The van der Waals surface area contributed by atoms with Crippen LogP contribution in [0.15, 0.2) is 24.3 Å². The molecule has 0 bridgehead atoms. The molecule has 3 nitrogen and oxygen atoms in total. The van der Waals surface area contributed by atoms with Gasteiger partial charge in [0.25, 0.3) is 0 Å². The van der Waals surface area contributed by atoms with Gasteiger partial charge >= 0.3 is 5.97 Å². The van der Waals surface area contributed by atoms with Crippen molar-refractivity contribution in [3.05, 3.63) is 35.4 Å². The minimum atomic E-state index is -0.948. The molecule has 0 saturated heterocycles. The number of aliphatic carboxylic acids is 1. The van der Waals surface area contributed by atoms with Crippen LogP contribution in [0, 0.1) is 19.3 Å². The van der Waals surface area contributed by atoms with Crippen molar-refractivity contribution >= 4 is 17.7 Å². The summed E-state index contributed by atoms with van der Waals surface area (Å²) in [6.07, 6.45) is 7.95. The van der Waals surface area contributed by atoms with Gasteiger partial charge in [0.05, 0.1) is 6.54 Å². The van der Waals surface area contributed by atoms with Crippen LogP contribution in [-0.2, 0) is 4.79 Å². The third-order valence-corrected chi connectivity index (χ3v) is 2.38. The Balaban J connectivity index is 2.94. The largest absolute Gasteiger partial charge is 0.478 e. The fourth-order valence-corrected chi connectivity index (χ4v) is 1.60. The predicted octanol–water partition coefficient (Wildman–Crippen LogP) is 2.16. The Morgan fingerprint density at radius 2 is 2.29 bits per heavy atom. The van der Waals surface area contributed by atoms with Gasteiger partial charge in [-0.2, -0.15) is 0 Å². The van der Waals surface area contributed by atoms with Crippen LogP contribution in [0.25, 0.3) is 6.08 Å². The molecule has 0 saturated carbocycles. The van der Waals surface area contributed by atoms with Gasteiger partial charge in [-0.3, -0.25) is 0 Å². The highest BCUT2D eigenvalue weighted by molar-refractivity contribution is 5.85. The molecule has 0 aliphatic heterocycles. The Kier molecular flexibility index (Phi) is 4.36. The first-order valence-electron chi connectivity index (χ1n) is 5.21. The summed E-state index contributed by atoms with van der Waals surface area (Å²) >= 11 is 0. The Labute approximate surface area is 101 Å². The lowest BCUT2D eigenvalue weighted by Gasteiger charge is -2.18. The third kappa shape index (κ3) is 3.69. The van der Waals surface area contributed by atoms with E-state index in [-0.39, 0.29) is 0 Å². The second-order valence-corrected chi connectivity index (χ2v) is 3.78. The van der Waals surface area contributed by atoms with Gasteiger partial charge in [-0.15, -0.1) is 6.42 Å². The molecular weight excluding hydrogens is 214 g/mol. The quantitative estimate of drug-likeness (QED) is 0.635. The Morgan fingerprint density at radius 3 is 2.82 bits per heavy atom. The fourth-order valence-electron chi connectivity index (χ4n) is 1.60. The third-order valence-electron chi connectivity index (χ3n) is 2.38. The molecule has 1 aromatic carbocycles. The van der Waals surface area contributed by atoms with E-state index in [1.807, 2.05) is 37.1 Å². The normalized spacial score (nSPS) is 10.2. The van der Waals surface area contributed by atoms with Crippen LogP contribution in [0.2, 0.25) is 0 Å². The van der Waals surface area contributed by atoms with Gasteiger partial charge < -0.3 is 10.0 Å². The molecule has 0 heterocycles. The summed E-state index contributed by atoms with van der Waals surface area (Å²) < 4.78 is 0. The van der Waals surface area contributed by atoms with Crippen molar-refractivity contribution in [2.45, 2.75) is 6.92 Å². The zero-order chi connectivity index (χ0) is 12.8. The average Bonchev–Trinajstić information content (AvgIpc) is 2.26. The van der Waals surface area contributed by atoms with E-state index in [0.717, 1.165) is 22.9 Å². The highest BCUT2D eigenvalue weighted by Gasteiger charge is 2.03. The fraction of sp³-hybridized carbons (Fsp3) is 0.214. The Hall–Kier alpha value is -2.21. The van der Waals surface area contributed by atoms with E-state index in [4.69, 9.17) is 11.5 Å². The first-order chi connectivity index (χ1) is 8.04. The molecule has 1 rings (SSSR count). The first-order valence-corrected chi connectivity index (χ1v) is 5.21. The summed E-state index contributed by atoms with van der Waals surface area (Å²) in [4.78, 5) is 12.4. The number of benzene rings is 1. The SMILES string of the molecule is C#CCN(C)c1ccc(/C=C/C(=O)O)cc1C. The lowest BCUT2D eigenvalue weighted by atomic mass is 10.1. The van der Waals surface area contributed by atoms with Crippen molar-refractivity contribution in [3.8, 4) is 12.3 Å². The van der Waals surface area contributed by atoms with Crippen LogP contribution < -0.4 is 4.90 Å². The molecule has 88 valence electrons. The summed E-state index contributed by atoms with van der Waals surface area (Å²) in [5.74, 6) is 1.63. The second-order valence-electron chi connectivity index (χ2n) is 3.78. The summed E-state index contributed by atoms with van der Waals surface area (Å²) in [5, 5.41) is 8.54. The van der Waals surface area contributed by atoms with Gasteiger partial charge in [-0.1, -0.05) is 12.0 Å². The molecule has 0 aliphatic carbocycles. The number of terminal acetylenes is 1. The van der Waals surface area contributed by atoms with Crippen molar-refractivity contribution in [2.24, 2.45) is 0 Å². The number of anilines is 1. The molecule has 1 N–H and O–H groups in total. The molecule has 0 radical (unpaired) electrons. The van der Waals surface area contributed by atoms with Crippen molar-refractivity contribution < 1.29 is 9.90 Å². The van der Waals surface area contributed by atoms with Crippen LogP contribution in [0.5, 0.6) is 0 Å². The lowest BCUT2D eigenvalue weighted by Crippen LogP contribution is -2.17. The van der Waals surface area contributed by atoms with Gasteiger partial charge in [0.1, 0.15) is 0 Å². The number of carbonyl (C=O) groups is 1. The van der Waals surface area contributed by atoms with E-state index in [1.165, 1.54) is 0 Å². The minimum absolute atomic E-state index is 0.547. The molecule has 0 aromatic heterocycles. The maximum Gasteiger partial charge on any atom is 0.328 e. The van der Waals surface area contributed by atoms with Gasteiger partial charge in [-0.25, -0.2) is 4.79 Å². The van der Waals surface area contributed by atoms with Crippen LogP contribution in [-0.4, -0.2) is 24.7 Å². The van der Waals surface area contributed by atoms with E-state index >= 15 is 0 Å². The zero-order valence-electron chi connectivity index (χ0n) is 9.97. The maximum absolute atomic E-state index is 10.4. The Morgan fingerprint density at radius 1 is 1.59 bits per heavy atom. The van der Waals surface area contributed by atoms with E-state index in [9.17, 15) is 4.79 Å². The van der Waals surface area contributed by atoms with E-state index in [1.54, 1.807) is 6.08 Å². The van der Waals surface area contributed by atoms with Gasteiger partial charge in [-0.05, 0) is 36.3 Å². The summed E-state index contributed by atoms with van der Waals surface area (Å²) in [6, 6.07) is 5.74.